The number of carboxylic acid groups (broad SMARTS) is 1. The molecule has 0 amide bonds. The molecule has 8 nitrogen and oxygen atoms in total. The van der Waals surface area contributed by atoms with Gasteiger partial charge in [-0.1, -0.05) is 23.7 Å². The molecule has 1 aromatic carbocycles. The lowest BCUT2D eigenvalue weighted by molar-refractivity contribution is -0.149. The summed E-state index contributed by atoms with van der Waals surface area (Å²) in [6.45, 7) is 4.01. The van der Waals surface area contributed by atoms with Gasteiger partial charge >= 0.3 is 12.1 Å². The number of nitrogens with zero attached hydrogens (tertiary/aromatic N) is 3. The van der Waals surface area contributed by atoms with Gasteiger partial charge in [-0.05, 0) is 68.7 Å². The van der Waals surface area contributed by atoms with E-state index in [2.05, 4.69) is 14.7 Å². The number of hydrogen-bond acceptors (Lipinski definition) is 6. The molecule has 4 rings (SSSR count). The highest BCUT2D eigenvalue weighted by Crippen LogP contribution is 2.39. The fourth-order valence-corrected chi connectivity index (χ4v) is 5.30. The first-order chi connectivity index (χ1) is 17.7. The number of aliphatic carboxylic acids is 1. The van der Waals surface area contributed by atoms with E-state index in [9.17, 15) is 31.5 Å². The van der Waals surface area contributed by atoms with Gasteiger partial charge in [-0.15, -0.1) is 0 Å². The van der Waals surface area contributed by atoms with Crippen molar-refractivity contribution in [1.29, 1.82) is 0 Å². The lowest BCUT2D eigenvalue weighted by Gasteiger charge is -2.37. The molecule has 13 heteroatoms. The predicted octanol–water partition coefficient (Wildman–Crippen LogP) is 5.62. The number of pyridine rings is 2. The molecule has 2 N–H and O–H groups in total. The molecule has 202 valence electrons. The number of carboxylic acids is 1. The van der Waals surface area contributed by atoms with E-state index in [1.807, 2.05) is 0 Å². The van der Waals surface area contributed by atoms with Crippen LogP contribution in [0.15, 0.2) is 53.6 Å². The fourth-order valence-electron chi connectivity index (χ4n) is 4.16. The number of alkyl halides is 3. The van der Waals surface area contributed by atoms with Crippen LogP contribution in [-0.4, -0.2) is 42.6 Å². The number of carbonyl (C=O) groups is 1. The van der Waals surface area contributed by atoms with Gasteiger partial charge in [0.15, 0.2) is 5.03 Å². The predicted molar refractivity (Wildman–Crippen MR) is 137 cm³/mol. The van der Waals surface area contributed by atoms with E-state index in [0.717, 1.165) is 12.1 Å². The first-order valence-electron chi connectivity index (χ1n) is 11.5. The van der Waals surface area contributed by atoms with Crippen molar-refractivity contribution >= 4 is 39.2 Å². The van der Waals surface area contributed by atoms with Crippen LogP contribution in [-0.2, 0) is 21.0 Å². The minimum Gasteiger partial charge on any atom is -0.481 e. The Hall–Kier alpha value is -3.38. The second-order valence-corrected chi connectivity index (χ2v) is 11.4. The smallest absolute Gasteiger partial charge is 0.418 e. The Morgan fingerprint density at radius 3 is 2.42 bits per heavy atom. The summed E-state index contributed by atoms with van der Waals surface area (Å²) in [5.74, 6) is -0.868. The molecule has 0 atom stereocenters. The first kappa shape index (κ1) is 27.6. The summed E-state index contributed by atoms with van der Waals surface area (Å²) in [5, 5.41) is 9.28. The van der Waals surface area contributed by atoms with Crippen molar-refractivity contribution in [2.45, 2.75) is 37.9 Å². The number of sulfonamides is 1. The topological polar surface area (TPSA) is 112 Å². The normalized spacial score (nSPS) is 15.8. The molecule has 0 aliphatic carbocycles. The van der Waals surface area contributed by atoms with Gasteiger partial charge in [-0.3, -0.25) is 9.52 Å². The molecule has 3 heterocycles. The summed E-state index contributed by atoms with van der Waals surface area (Å²) < 4.78 is 69.7. The molecule has 2 aromatic heterocycles. The van der Waals surface area contributed by atoms with Gasteiger partial charge in [0.05, 0.1) is 16.7 Å². The molecule has 38 heavy (non-hydrogen) atoms. The lowest BCUT2D eigenvalue weighted by atomic mass is 9.80. The summed E-state index contributed by atoms with van der Waals surface area (Å²) in [6.07, 6.45) is -4.02. The van der Waals surface area contributed by atoms with Crippen LogP contribution < -0.4 is 9.62 Å². The van der Waals surface area contributed by atoms with Gasteiger partial charge in [-0.25, -0.2) is 9.97 Å². The number of anilines is 2. The standard InChI is InChI=1S/C25H24ClF3N4O4S/c1-15-6-7-16(26)14-17(15)22-18(25(27,28)29)8-9-19(30-22)32-38(36,37)21-5-3-4-20(31-21)33-12-10-24(2,11-13-33)23(34)35/h3-9,14H,10-13H2,1-2H3,(H,30,32)(H,34,35). The highest BCUT2D eigenvalue weighted by molar-refractivity contribution is 7.92. The van der Waals surface area contributed by atoms with Crippen molar-refractivity contribution in [3.8, 4) is 11.3 Å². The van der Waals surface area contributed by atoms with E-state index in [1.54, 1.807) is 30.9 Å². The third-order valence-corrected chi connectivity index (χ3v) is 8.08. The van der Waals surface area contributed by atoms with Crippen molar-refractivity contribution in [2.75, 3.05) is 22.7 Å². The zero-order valence-electron chi connectivity index (χ0n) is 20.4. The number of nitrogens with one attached hydrogen (secondary N) is 1. The quantitative estimate of drug-likeness (QED) is 0.397. The molecule has 0 spiro atoms. The summed E-state index contributed by atoms with van der Waals surface area (Å²) in [6, 6.07) is 10.5. The van der Waals surface area contributed by atoms with Gasteiger partial charge < -0.3 is 10.0 Å². The molecule has 1 fully saturated rings. The Balaban J connectivity index is 1.64. The summed E-state index contributed by atoms with van der Waals surface area (Å²) >= 11 is 6.01. The highest BCUT2D eigenvalue weighted by atomic mass is 35.5. The zero-order valence-corrected chi connectivity index (χ0v) is 22.0. The van der Waals surface area contributed by atoms with Crippen LogP contribution in [0, 0.1) is 12.3 Å². The van der Waals surface area contributed by atoms with Gasteiger partial charge in [0.25, 0.3) is 10.0 Å². The number of halogens is 4. The minimum absolute atomic E-state index is 0.115. The average molecular weight is 569 g/mol. The maximum absolute atomic E-state index is 13.8. The Kier molecular flexibility index (Phi) is 7.32. The number of piperidine rings is 1. The largest absolute Gasteiger partial charge is 0.481 e. The van der Waals surface area contributed by atoms with Crippen LogP contribution in [0.25, 0.3) is 11.3 Å². The number of benzene rings is 1. The number of rotatable bonds is 6. The van der Waals surface area contributed by atoms with Crippen LogP contribution in [0.5, 0.6) is 0 Å². The molecule has 1 aliphatic heterocycles. The molecular formula is C25H24ClF3N4O4S. The van der Waals surface area contributed by atoms with Crippen molar-refractivity contribution in [1.82, 2.24) is 9.97 Å². The van der Waals surface area contributed by atoms with Crippen LogP contribution >= 0.6 is 11.6 Å². The Bertz CT molecular complexity index is 1490. The van der Waals surface area contributed by atoms with Gasteiger partial charge in [-0.2, -0.15) is 21.6 Å². The second kappa shape index (κ2) is 10.1. The van der Waals surface area contributed by atoms with E-state index in [0.29, 0.717) is 37.3 Å². The Morgan fingerprint density at radius 2 is 1.79 bits per heavy atom. The number of aryl methyl sites for hydroxylation is 1. The average Bonchev–Trinajstić information content (AvgIpc) is 2.85. The molecule has 0 unspecified atom stereocenters. The monoisotopic (exact) mass is 568 g/mol. The Labute approximate surface area is 222 Å². The second-order valence-electron chi connectivity index (χ2n) is 9.34. The number of aromatic nitrogens is 2. The van der Waals surface area contributed by atoms with Crippen LogP contribution in [0.2, 0.25) is 5.02 Å². The van der Waals surface area contributed by atoms with E-state index >= 15 is 0 Å². The van der Waals surface area contributed by atoms with E-state index in [-0.39, 0.29) is 21.4 Å². The molecular weight excluding hydrogens is 545 g/mol. The minimum atomic E-state index is -4.74. The van der Waals surface area contributed by atoms with Crippen LogP contribution in [0.3, 0.4) is 0 Å². The molecule has 1 saturated heterocycles. The van der Waals surface area contributed by atoms with Crippen molar-refractivity contribution in [2.24, 2.45) is 5.41 Å². The third kappa shape index (κ3) is 5.70. The summed E-state index contributed by atoms with van der Waals surface area (Å²) in [4.78, 5) is 21.5. The van der Waals surface area contributed by atoms with Gasteiger partial charge in [0.1, 0.15) is 11.6 Å². The zero-order chi connectivity index (χ0) is 27.9. The van der Waals surface area contributed by atoms with Crippen molar-refractivity contribution < 1.29 is 31.5 Å². The maximum Gasteiger partial charge on any atom is 0.418 e. The third-order valence-electron chi connectivity index (χ3n) is 6.59. The summed E-state index contributed by atoms with van der Waals surface area (Å²) in [5.41, 5.74) is -1.78. The SMILES string of the molecule is Cc1ccc(Cl)cc1-c1nc(NS(=O)(=O)c2cccc(N3CCC(C)(C(=O)O)CC3)n2)ccc1C(F)(F)F. The number of hydrogen-bond donors (Lipinski definition) is 2. The van der Waals surface area contributed by atoms with Gasteiger partial charge in [0, 0.05) is 23.7 Å². The molecule has 3 aromatic rings. The maximum atomic E-state index is 13.8. The molecule has 1 aliphatic rings. The highest BCUT2D eigenvalue weighted by Gasteiger charge is 2.38. The van der Waals surface area contributed by atoms with Crippen LogP contribution in [0.1, 0.15) is 30.9 Å². The Morgan fingerprint density at radius 1 is 1.11 bits per heavy atom. The molecule has 0 bridgehead atoms. The first-order valence-corrected chi connectivity index (χ1v) is 13.4. The van der Waals surface area contributed by atoms with E-state index in [4.69, 9.17) is 11.6 Å². The fraction of sp³-hybridized carbons (Fsp3) is 0.320. The van der Waals surface area contributed by atoms with Crippen molar-refractivity contribution in [3.63, 3.8) is 0 Å². The van der Waals surface area contributed by atoms with E-state index < -0.39 is 38.8 Å². The molecule has 0 radical (unpaired) electrons. The van der Waals surface area contributed by atoms with Crippen LogP contribution in [0.4, 0.5) is 24.8 Å². The van der Waals surface area contributed by atoms with Crippen molar-refractivity contribution in [3.05, 3.63) is 64.7 Å². The van der Waals surface area contributed by atoms with Gasteiger partial charge in [0.2, 0.25) is 0 Å². The van der Waals surface area contributed by atoms with E-state index in [1.165, 1.54) is 24.3 Å². The molecule has 0 saturated carbocycles. The summed E-state index contributed by atoms with van der Waals surface area (Å²) in [7, 11) is -4.33. The lowest BCUT2D eigenvalue weighted by Crippen LogP contribution is -2.43.